The van der Waals surface area contributed by atoms with Crippen molar-refractivity contribution in [2.75, 3.05) is 12.4 Å². The molecule has 0 spiro atoms. The summed E-state index contributed by atoms with van der Waals surface area (Å²) in [5.41, 5.74) is 3.03. The zero-order chi connectivity index (χ0) is 14.7. The number of nitrogens with one attached hydrogen (secondary N) is 3. The van der Waals surface area contributed by atoms with E-state index in [1.165, 1.54) is 5.56 Å². The van der Waals surface area contributed by atoms with E-state index in [0.717, 1.165) is 28.6 Å². The van der Waals surface area contributed by atoms with Gasteiger partial charge in [0.1, 0.15) is 0 Å². The number of urea groups is 1. The van der Waals surface area contributed by atoms with E-state index in [1.807, 2.05) is 30.5 Å². The van der Waals surface area contributed by atoms with Crippen molar-refractivity contribution in [3.05, 3.63) is 60.2 Å². The number of hydrogen-bond acceptors (Lipinski definition) is 2. The summed E-state index contributed by atoms with van der Waals surface area (Å²) in [5.74, 6) is 0. The minimum atomic E-state index is -0.222. The van der Waals surface area contributed by atoms with Gasteiger partial charge in [0.05, 0.1) is 6.33 Å². The third kappa shape index (κ3) is 2.86. The molecule has 0 fully saturated rings. The van der Waals surface area contributed by atoms with Gasteiger partial charge in [-0.15, -0.1) is 0 Å². The largest absolute Gasteiger partial charge is 0.348 e. The highest BCUT2D eigenvalue weighted by atomic mass is 16.2. The SMILES string of the molecule is CNC(=O)Nc1ccc2cccc(Cc3cnc[nH]3)c2c1. The quantitative estimate of drug-likeness (QED) is 0.690. The van der Waals surface area contributed by atoms with E-state index < -0.39 is 0 Å². The topological polar surface area (TPSA) is 69.8 Å². The van der Waals surface area contributed by atoms with Crippen molar-refractivity contribution in [3.63, 3.8) is 0 Å². The second kappa shape index (κ2) is 5.66. The van der Waals surface area contributed by atoms with Crippen molar-refractivity contribution in [2.24, 2.45) is 0 Å². The molecule has 1 heterocycles. The molecule has 3 aromatic rings. The number of amides is 2. The average Bonchev–Trinajstić information content (AvgIpc) is 3.01. The standard InChI is InChI=1S/C16H16N4O/c1-17-16(21)20-13-6-5-11-3-2-4-12(15(11)8-13)7-14-9-18-10-19-14/h2-6,8-10H,7H2,1H3,(H,18,19)(H2,17,20,21). The summed E-state index contributed by atoms with van der Waals surface area (Å²) >= 11 is 0. The van der Waals surface area contributed by atoms with E-state index in [1.54, 1.807) is 13.4 Å². The number of carbonyl (C=O) groups is 1. The Kier molecular flexibility index (Phi) is 3.55. The van der Waals surface area contributed by atoms with Crippen LogP contribution >= 0.6 is 0 Å². The molecule has 5 heteroatoms. The summed E-state index contributed by atoms with van der Waals surface area (Å²) in [6, 6.07) is 11.9. The zero-order valence-corrected chi connectivity index (χ0v) is 11.7. The maximum atomic E-state index is 11.4. The second-order valence-corrected chi connectivity index (χ2v) is 4.81. The molecule has 0 unspecified atom stereocenters. The number of imidazole rings is 1. The lowest BCUT2D eigenvalue weighted by Gasteiger charge is -2.09. The molecule has 1 aromatic heterocycles. The van der Waals surface area contributed by atoms with Crippen molar-refractivity contribution >= 4 is 22.5 Å². The number of anilines is 1. The first-order valence-electron chi connectivity index (χ1n) is 6.74. The lowest BCUT2D eigenvalue weighted by molar-refractivity contribution is 0.254. The van der Waals surface area contributed by atoms with Gasteiger partial charge in [0.2, 0.25) is 0 Å². The molecule has 0 saturated carbocycles. The van der Waals surface area contributed by atoms with Crippen LogP contribution < -0.4 is 10.6 Å². The molecule has 0 saturated heterocycles. The molecule has 2 amide bonds. The van der Waals surface area contributed by atoms with Crippen LogP contribution in [0, 0.1) is 0 Å². The van der Waals surface area contributed by atoms with Crippen LogP contribution in [-0.4, -0.2) is 23.0 Å². The minimum absolute atomic E-state index is 0.222. The van der Waals surface area contributed by atoms with E-state index in [0.29, 0.717) is 0 Å². The average molecular weight is 280 g/mol. The Morgan fingerprint density at radius 3 is 2.95 bits per heavy atom. The molecule has 0 bridgehead atoms. The Bertz CT molecular complexity index is 765. The van der Waals surface area contributed by atoms with E-state index >= 15 is 0 Å². The van der Waals surface area contributed by atoms with Crippen LogP contribution in [0.2, 0.25) is 0 Å². The number of aromatic nitrogens is 2. The van der Waals surface area contributed by atoms with Crippen LogP contribution in [0.1, 0.15) is 11.3 Å². The first-order chi connectivity index (χ1) is 10.3. The van der Waals surface area contributed by atoms with Gasteiger partial charge in [-0.3, -0.25) is 0 Å². The summed E-state index contributed by atoms with van der Waals surface area (Å²) in [7, 11) is 1.60. The number of nitrogens with zero attached hydrogens (tertiary/aromatic N) is 1. The molecule has 106 valence electrons. The van der Waals surface area contributed by atoms with Crippen molar-refractivity contribution in [3.8, 4) is 0 Å². The maximum absolute atomic E-state index is 11.4. The minimum Gasteiger partial charge on any atom is -0.348 e. The van der Waals surface area contributed by atoms with Crippen molar-refractivity contribution in [1.82, 2.24) is 15.3 Å². The van der Waals surface area contributed by atoms with Crippen LogP contribution in [0.5, 0.6) is 0 Å². The van der Waals surface area contributed by atoms with Crippen LogP contribution in [0.15, 0.2) is 48.9 Å². The number of fused-ring (bicyclic) bond motifs is 1. The third-order valence-electron chi connectivity index (χ3n) is 3.39. The molecular formula is C16H16N4O. The Morgan fingerprint density at radius 1 is 1.29 bits per heavy atom. The number of benzene rings is 2. The fourth-order valence-corrected chi connectivity index (χ4v) is 2.35. The second-order valence-electron chi connectivity index (χ2n) is 4.81. The van der Waals surface area contributed by atoms with Crippen molar-refractivity contribution < 1.29 is 4.79 Å². The summed E-state index contributed by atoms with van der Waals surface area (Å²) in [6.07, 6.45) is 4.28. The van der Waals surface area contributed by atoms with E-state index in [4.69, 9.17) is 0 Å². The molecule has 21 heavy (non-hydrogen) atoms. The predicted octanol–water partition coefficient (Wildman–Crippen LogP) is 2.91. The van der Waals surface area contributed by atoms with Gasteiger partial charge in [-0.25, -0.2) is 9.78 Å². The maximum Gasteiger partial charge on any atom is 0.318 e. The van der Waals surface area contributed by atoms with E-state index in [-0.39, 0.29) is 6.03 Å². The number of rotatable bonds is 3. The first-order valence-corrected chi connectivity index (χ1v) is 6.74. The van der Waals surface area contributed by atoms with Gasteiger partial charge < -0.3 is 15.6 Å². The molecule has 5 nitrogen and oxygen atoms in total. The van der Waals surface area contributed by atoms with Gasteiger partial charge >= 0.3 is 6.03 Å². The molecule has 0 aliphatic heterocycles. The van der Waals surface area contributed by atoms with Gasteiger partial charge in [0.25, 0.3) is 0 Å². The highest BCUT2D eigenvalue weighted by Crippen LogP contribution is 2.24. The molecule has 0 aliphatic rings. The summed E-state index contributed by atoms with van der Waals surface area (Å²) in [5, 5.41) is 7.62. The number of H-pyrrole nitrogens is 1. The predicted molar refractivity (Wildman–Crippen MR) is 83.4 cm³/mol. The fraction of sp³-hybridized carbons (Fsp3) is 0.125. The van der Waals surface area contributed by atoms with Crippen LogP contribution in [-0.2, 0) is 6.42 Å². The smallest absolute Gasteiger partial charge is 0.318 e. The monoisotopic (exact) mass is 280 g/mol. The molecule has 3 rings (SSSR count). The highest BCUT2D eigenvalue weighted by Gasteiger charge is 2.05. The molecule has 0 atom stereocenters. The van der Waals surface area contributed by atoms with Crippen LogP contribution in [0.3, 0.4) is 0 Å². The van der Waals surface area contributed by atoms with Crippen LogP contribution in [0.4, 0.5) is 10.5 Å². The summed E-state index contributed by atoms with van der Waals surface area (Å²) in [4.78, 5) is 18.6. The molecule has 3 N–H and O–H groups in total. The van der Waals surface area contributed by atoms with E-state index in [2.05, 4.69) is 32.7 Å². The number of aromatic amines is 1. The highest BCUT2D eigenvalue weighted by molar-refractivity contribution is 5.94. The Morgan fingerprint density at radius 2 is 2.19 bits per heavy atom. The molecular weight excluding hydrogens is 264 g/mol. The molecule has 0 radical (unpaired) electrons. The lowest BCUT2D eigenvalue weighted by Crippen LogP contribution is -2.24. The van der Waals surface area contributed by atoms with Gasteiger partial charge in [0, 0.05) is 31.0 Å². The summed E-state index contributed by atoms with van der Waals surface area (Å²) < 4.78 is 0. The lowest BCUT2D eigenvalue weighted by atomic mass is 10.0. The first kappa shape index (κ1) is 13.2. The Balaban J connectivity index is 1.99. The van der Waals surface area contributed by atoms with Gasteiger partial charge in [-0.2, -0.15) is 0 Å². The van der Waals surface area contributed by atoms with Crippen LogP contribution in [0.25, 0.3) is 10.8 Å². The van der Waals surface area contributed by atoms with Crippen molar-refractivity contribution in [1.29, 1.82) is 0 Å². The number of carbonyl (C=O) groups excluding carboxylic acids is 1. The Hall–Kier alpha value is -2.82. The van der Waals surface area contributed by atoms with Gasteiger partial charge in [0.15, 0.2) is 0 Å². The molecule has 0 aliphatic carbocycles. The Labute approximate surface area is 122 Å². The fourth-order valence-electron chi connectivity index (χ4n) is 2.35. The summed E-state index contributed by atoms with van der Waals surface area (Å²) in [6.45, 7) is 0. The van der Waals surface area contributed by atoms with Gasteiger partial charge in [-0.05, 0) is 28.5 Å². The van der Waals surface area contributed by atoms with E-state index in [9.17, 15) is 4.79 Å². The zero-order valence-electron chi connectivity index (χ0n) is 11.7. The normalized spacial score (nSPS) is 10.5. The third-order valence-corrected chi connectivity index (χ3v) is 3.39. The van der Waals surface area contributed by atoms with Crippen molar-refractivity contribution in [2.45, 2.75) is 6.42 Å². The van der Waals surface area contributed by atoms with Gasteiger partial charge in [-0.1, -0.05) is 24.3 Å². The number of hydrogen-bond donors (Lipinski definition) is 3. The molecule has 2 aromatic carbocycles.